The van der Waals surface area contributed by atoms with Gasteiger partial charge in [-0.05, 0) is 45.1 Å². The first-order valence-electron chi connectivity index (χ1n) is 9.02. The van der Waals surface area contributed by atoms with Gasteiger partial charge in [-0.25, -0.2) is 4.98 Å². The van der Waals surface area contributed by atoms with Crippen molar-refractivity contribution in [3.8, 4) is 0 Å². The van der Waals surface area contributed by atoms with Crippen molar-refractivity contribution in [3.05, 3.63) is 11.3 Å². The van der Waals surface area contributed by atoms with E-state index in [0.717, 1.165) is 45.0 Å². The van der Waals surface area contributed by atoms with E-state index >= 15 is 0 Å². The molecule has 0 saturated carbocycles. The van der Waals surface area contributed by atoms with E-state index in [-0.39, 0.29) is 0 Å². The van der Waals surface area contributed by atoms with Crippen molar-refractivity contribution >= 4 is 11.8 Å². The monoisotopic (exact) mass is 301 g/mol. The van der Waals surface area contributed by atoms with Crippen LogP contribution >= 0.6 is 0 Å². The Morgan fingerprint density at radius 2 is 1.86 bits per heavy atom. The van der Waals surface area contributed by atoms with Gasteiger partial charge in [0.05, 0.1) is 5.69 Å². The number of hydrogen-bond donors (Lipinski definition) is 2. The molecule has 3 aliphatic rings. The zero-order valence-corrected chi connectivity index (χ0v) is 13.4. The van der Waals surface area contributed by atoms with Gasteiger partial charge in [0, 0.05) is 31.2 Å². The summed E-state index contributed by atoms with van der Waals surface area (Å²) in [6.45, 7) is 4.45. The Bertz CT molecular complexity index is 516. The van der Waals surface area contributed by atoms with Gasteiger partial charge in [-0.2, -0.15) is 4.98 Å². The molecule has 0 amide bonds. The second-order valence-corrected chi connectivity index (χ2v) is 6.88. The molecule has 0 spiro atoms. The van der Waals surface area contributed by atoms with Crippen molar-refractivity contribution in [2.75, 3.05) is 36.4 Å². The molecule has 1 aromatic rings. The Hall–Kier alpha value is -1.36. The first kappa shape index (κ1) is 14.2. The zero-order valence-electron chi connectivity index (χ0n) is 13.4. The van der Waals surface area contributed by atoms with Crippen LogP contribution in [0.4, 0.5) is 11.8 Å². The number of nitrogens with zero attached hydrogens (tertiary/aromatic N) is 3. The highest BCUT2D eigenvalue weighted by molar-refractivity contribution is 5.54. The highest BCUT2D eigenvalue weighted by atomic mass is 15.2. The molecule has 1 aromatic heterocycles. The molecule has 3 heterocycles. The van der Waals surface area contributed by atoms with Crippen LogP contribution in [0.2, 0.25) is 0 Å². The Kier molecular flexibility index (Phi) is 4.15. The van der Waals surface area contributed by atoms with Crippen LogP contribution in [0.3, 0.4) is 0 Å². The van der Waals surface area contributed by atoms with Crippen LogP contribution in [0.25, 0.3) is 0 Å². The number of rotatable bonds is 3. The number of anilines is 2. The second kappa shape index (κ2) is 6.41. The van der Waals surface area contributed by atoms with Crippen LogP contribution < -0.4 is 15.5 Å². The second-order valence-electron chi connectivity index (χ2n) is 6.88. The molecule has 0 bridgehead atoms. The summed E-state index contributed by atoms with van der Waals surface area (Å²) < 4.78 is 0. The van der Waals surface area contributed by atoms with Crippen LogP contribution in [-0.4, -0.2) is 42.2 Å². The average molecular weight is 301 g/mol. The maximum atomic E-state index is 4.95. The molecule has 5 nitrogen and oxygen atoms in total. The van der Waals surface area contributed by atoms with E-state index in [0.29, 0.717) is 6.04 Å². The molecule has 120 valence electrons. The van der Waals surface area contributed by atoms with E-state index < -0.39 is 0 Å². The SMILES string of the molecule is C1CCCN(c2nc(NC3CCNC3)nc3c2CCC3)CC1. The first-order chi connectivity index (χ1) is 10.9. The topological polar surface area (TPSA) is 53.1 Å². The number of aromatic nitrogens is 2. The fraction of sp³-hybridized carbons (Fsp3) is 0.765. The molecule has 1 atom stereocenters. The average Bonchev–Trinajstić information content (AvgIpc) is 3.13. The van der Waals surface area contributed by atoms with Gasteiger partial charge in [-0.1, -0.05) is 12.8 Å². The minimum Gasteiger partial charge on any atom is -0.356 e. The van der Waals surface area contributed by atoms with Crippen molar-refractivity contribution in [2.24, 2.45) is 0 Å². The van der Waals surface area contributed by atoms with E-state index in [9.17, 15) is 0 Å². The van der Waals surface area contributed by atoms with Crippen molar-refractivity contribution < 1.29 is 0 Å². The molecule has 2 aliphatic heterocycles. The van der Waals surface area contributed by atoms with Crippen LogP contribution in [0.5, 0.6) is 0 Å². The predicted octanol–water partition coefficient (Wildman–Crippen LogP) is 2.12. The van der Waals surface area contributed by atoms with E-state index in [1.165, 1.54) is 55.6 Å². The minimum atomic E-state index is 0.483. The van der Waals surface area contributed by atoms with Crippen molar-refractivity contribution in [2.45, 2.75) is 57.4 Å². The quantitative estimate of drug-likeness (QED) is 0.895. The third kappa shape index (κ3) is 2.91. The van der Waals surface area contributed by atoms with Gasteiger partial charge in [0.2, 0.25) is 5.95 Å². The molecular formula is C17H27N5. The molecule has 2 saturated heterocycles. The largest absolute Gasteiger partial charge is 0.356 e. The molecule has 4 rings (SSSR count). The van der Waals surface area contributed by atoms with Gasteiger partial charge >= 0.3 is 0 Å². The molecule has 22 heavy (non-hydrogen) atoms. The summed E-state index contributed by atoms with van der Waals surface area (Å²) in [5.41, 5.74) is 2.72. The smallest absolute Gasteiger partial charge is 0.225 e. The summed E-state index contributed by atoms with van der Waals surface area (Å²) >= 11 is 0. The Balaban J connectivity index is 1.61. The maximum absolute atomic E-state index is 4.95. The van der Waals surface area contributed by atoms with Crippen LogP contribution in [0.15, 0.2) is 0 Å². The van der Waals surface area contributed by atoms with Crippen LogP contribution in [0, 0.1) is 0 Å². The molecule has 1 aliphatic carbocycles. The zero-order chi connectivity index (χ0) is 14.8. The van der Waals surface area contributed by atoms with Crippen LogP contribution in [-0.2, 0) is 12.8 Å². The molecule has 0 aromatic carbocycles. The van der Waals surface area contributed by atoms with Crippen molar-refractivity contribution in [1.29, 1.82) is 0 Å². The third-order valence-electron chi connectivity index (χ3n) is 5.21. The van der Waals surface area contributed by atoms with Gasteiger partial charge in [0.25, 0.3) is 0 Å². The van der Waals surface area contributed by atoms with Gasteiger partial charge in [-0.15, -0.1) is 0 Å². The molecule has 0 radical (unpaired) electrons. The first-order valence-corrected chi connectivity index (χ1v) is 9.02. The van der Waals surface area contributed by atoms with E-state index in [2.05, 4.69) is 15.5 Å². The summed E-state index contributed by atoms with van der Waals surface area (Å²) in [5, 5.41) is 6.96. The number of hydrogen-bond acceptors (Lipinski definition) is 5. The summed E-state index contributed by atoms with van der Waals surface area (Å²) in [4.78, 5) is 12.3. The Labute approximate surface area is 132 Å². The number of nitrogens with one attached hydrogen (secondary N) is 2. The lowest BCUT2D eigenvalue weighted by molar-refractivity contribution is 0.726. The minimum absolute atomic E-state index is 0.483. The summed E-state index contributed by atoms with van der Waals surface area (Å²) in [6.07, 6.45) is 10.0. The van der Waals surface area contributed by atoms with E-state index in [4.69, 9.17) is 9.97 Å². The lowest BCUT2D eigenvalue weighted by Gasteiger charge is -2.25. The lowest BCUT2D eigenvalue weighted by Crippen LogP contribution is -2.28. The lowest BCUT2D eigenvalue weighted by atomic mass is 10.2. The number of aryl methyl sites for hydroxylation is 1. The summed E-state index contributed by atoms with van der Waals surface area (Å²) in [7, 11) is 0. The molecule has 5 heteroatoms. The fourth-order valence-electron chi connectivity index (χ4n) is 3.98. The predicted molar refractivity (Wildman–Crippen MR) is 89.6 cm³/mol. The highest BCUT2D eigenvalue weighted by Crippen LogP contribution is 2.31. The Morgan fingerprint density at radius 3 is 2.64 bits per heavy atom. The summed E-state index contributed by atoms with van der Waals surface area (Å²) in [5.74, 6) is 2.09. The fourth-order valence-corrected chi connectivity index (χ4v) is 3.98. The van der Waals surface area contributed by atoms with Crippen molar-refractivity contribution in [3.63, 3.8) is 0 Å². The van der Waals surface area contributed by atoms with Gasteiger partial charge in [0.1, 0.15) is 5.82 Å². The molecule has 2 fully saturated rings. The Morgan fingerprint density at radius 1 is 1.00 bits per heavy atom. The standard InChI is InChI=1S/C17H27N5/c1-2-4-11-22(10-3-1)16-14-6-5-7-15(14)20-17(21-16)19-13-8-9-18-12-13/h13,18H,1-12H2,(H,19,20,21). The van der Waals surface area contributed by atoms with Gasteiger partial charge in [-0.3, -0.25) is 0 Å². The molecule has 1 unspecified atom stereocenters. The van der Waals surface area contributed by atoms with Gasteiger partial charge < -0.3 is 15.5 Å². The van der Waals surface area contributed by atoms with Crippen molar-refractivity contribution in [1.82, 2.24) is 15.3 Å². The third-order valence-corrected chi connectivity index (χ3v) is 5.21. The van der Waals surface area contributed by atoms with Crippen LogP contribution in [0.1, 0.15) is 49.8 Å². The van der Waals surface area contributed by atoms with E-state index in [1.807, 2.05) is 0 Å². The van der Waals surface area contributed by atoms with Gasteiger partial charge in [0.15, 0.2) is 0 Å². The van der Waals surface area contributed by atoms with E-state index in [1.54, 1.807) is 0 Å². The summed E-state index contributed by atoms with van der Waals surface area (Å²) in [6, 6.07) is 0.483. The number of fused-ring (bicyclic) bond motifs is 1. The highest BCUT2D eigenvalue weighted by Gasteiger charge is 2.24. The maximum Gasteiger partial charge on any atom is 0.225 e. The normalized spacial score (nSPS) is 25.1. The molecule has 2 N–H and O–H groups in total. The molecular weight excluding hydrogens is 274 g/mol.